The van der Waals surface area contributed by atoms with Gasteiger partial charge in [0.2, 0.25) is 0 Å². The molecule has 0 radical (unpaired) electrons. The number of anilines is 1. The van der Waals surface area contributed by atoms with Crippen LogP contribution in [-0.4, -0.2) is 46.3 Å². The maximum Gasteiger partial charge on any atom is 0.255 e. The Morgan fingerprint density at radius 3 is 2.38 bits per heavy atom. The minimum absolute atomic E-state index is 0.0149. The molecule has 1 saturated heterocycles. The predicted molar refractivity (Wildman–Crippen MR) is 117 cm³/mol. The van der Waals surface area contributed by atoms with Gasteiger partial charge in [0.15, 0.2) is 0 Å². The van der Waals surface area contributed by atoms with Crippen LogP contribution in [0, 0.1) is 0 Å². The molecule has 2 heterocycles. The number of thioether (sulfide) groups is 1. The van der Waals surface area contributed by atoms with Crippen LogP contribution in [0.25, 0.3) is 11.1 Å². The van der Waals surface area contributed by atoms with Gasteiger partial charge < -0.3 is 10.2 Å². The van der Waals surface area contributed by atoms with Crippen LogP contribution in [0.2, 0.25) is 0 Å². The fourth-order valence-electron chi connectivity index (χ4n) is 3.27. The number of rotatable bonds is 4. The molecule has 0 aliphatic carbocycles. The van der Waals surface area contributed by atoms with E-state index in [-0.39, 0.29) is 11.8 Å². The van der Waals surface area contributed by atoms with E-state index in [2.05, 4.69) is 10.3 Å². The summed E-state index contributed by atoms with van der Waals surface area (Å²) in [6.07, 6.45) is 3.46. The van der Waals surface area contributed by atoms with E-state index < -0.39 is 0 Å². The minimum Gasteiger partial charge on any atom is -0.337 e. The second kappa shape index (κ2) is 8.92. The van der Waals surface area contributed by atoms with E-state index in [9.17, 15) is 9.59 Å². The normalized spacial score (nSPS) is 13.7. The third-order valence-corrected chi connectivity index (χ3v) is 5.75. The maximum absolute atomic E-state index is 12.8. The summed E-state index contributed by atoms with van der Waals surface area (Å²) < 4.78 is 0. The second-order valence-corrected chi connectivity index (χ2v) is 7.98. The molecule has 1 aromatic heterocycles. The summed E-state index contributed by atoms with van der Waals surface area (Å²) in [6.45, 7) is 1.53. The predicted octanol–water partition coefficient (Wildman–Crippen LogP) is 4.19. The molecule has 5 nitrogen and oxygen atoms in total. The molecule has 29 heavy (non-hydrogen) atoms. The number of amides is 2. The molecule has 1 aliphatic heterocycles. The molecule has 0 bridgehead atoms. The Hall–Kier alpha value is -3.12. The van der Waals surface area contributed by atoms with Crippen LogP contribution in [0.15, 0.2) is 73.1 Å². The van der Waals surface area contributed by atoms with Gasteiger partial charge in [0.05, 0.1) is 0 Å². The van der Waals surface area contributed by atoms with Crippen molar-refractivity contribution in [2.24, 2.45) is 0 Å². The Balaban J connectivity index is 1.49. The summed E-state index contributed by atoms with van der Waals surface area (Å²) >= 11 is 1.87. The van der Waals surface area contributed by atoms with E-state index in [1.54, 1.807) is 42.7 Å². The first-order valence-corrected chi connectivity index (χ1v) is 10.6. The molecular weight excluding hydrogens is 382 g/mol. The number of aromatic nitrogens is 1. The third kappa shape index (κ3) is 4.66. The number of pyridine rings is 1. The zero-order valence-corrected chi connectivity index (χ0v) is 16.7. The summed E-state index contributed by atoms with van der Waals surface area (Å²) in [5, 5.41) is 2.91. The van der Waals surface area contributed by atoms with Crippen molar-refractivity contribution < 1.29 is 9.59 Å². The maximum atomic E-state index is 12.8. The lowest BCUT2D eigenvalue weighted by molar-refractivity contribution is 0.0772. The van der Waals surface area contributed by atoms with E-state index >= 15 is 0 Å². The Kier molecular flexibility index (Phi) is 5.91. The number of nitrogens with zero attached hydrogens (tertiary/aromatic N) is 2. The lowest BCUT2D eigenvalue weighted by atomic mass is 10.0. The molecule has 0 unspecified atom stereocenters. The second-order valence-electron chi connectivity index (χ2n) is 6.76. The molecule has 0 atom stereocenters. The van der Waals surface area contributed by atoms with Crippen molar-refractivity contribution in [2.45, 2.75) is 0 Å². The topological polar surface area (TPSA) is 62.3 Å². The van der Waals surface area contributed by atoms with E-state index in [0.29, 0.717) is 16.8 Å². The molecule has 0 saturated carbocycles. The Bertz CT molecular complexity index is 1020. The van der Waals surface area contributed by atoms with E-state index in [4.69, 9.17) is 0 Å². The van der Waals surface area contributed by atoms with Crippen molar-refractivity contribution in [3.05, 3.63) is 84.2 Å². The molecule has 2 aromatic carbocycles. The van der Waals surface area contributed by atoms with Gasteiger partial charge >= 0.3 is 0 Å². The monoisotopic (exact) mass is 403 g/mol. The van der Waals surface area contributed by atoms with Crippen LogP contribution in [0.5, 0.6) is 0 Å². The molecule has 146 valence electrons. The van der Waals surface area contributed by atoms with Gasteiger partial charge in [-0.05, 0) is 53.6 Å². The van der Waals surface area contributed by atoms with Gasteiger partial charge in [-0.2, -0.15) is 11.8 Å². The quantitative estimate of drug-likeness (QED) is 0.710. The average Bonchev–Trinajstić information content (AvgIpc) is 2.80. The molecule has 1 aliphatic rings. The van der Waals surface area contributed by atoms with Gasteiger partial charge in [0.1, 0.15) is 0 Å². The van der Waals surface area contributed by atoms with Gasteiger partial charge in [-0.1, -0.05) is 18.2 Å². The van der Waals surface area contributed by atoms with Crippen molar-refractivity contribution in [3.63, 3.8) is 0 Å². The Morgan fingerprint density at radius 1 is 0.862 bits per heavy atom. The first-order valence-electron chi connectivity index (χ1n) is 9.49. The average molecular weight is 404 g/mol. The lowest BCUT2D eigenvalue weighted by Crippen LogP contribution is -2.37. The van der Waals surface area contributed by atoms with E-state index in [1.165, 1.54) is 0 Å². The number of benzene rings is 2. The highest BCUT2D eigenvalue weighted by Crippen LogP contribution is 2.21. The van der Waals surface area contributed by atoms with Crippen molar-refractivity contribution >= 4 is 29.3 Å². The number of carbonyl (C=O) groups is 2. The third-order valence-electron chi connectivity index (χ3n) is 4.80. The fraction of sp³-hybridized carbons (Fsp3) is 0.174. The SMILES string of the molecule is O=C(Nc1cccc(C(=O)N2CCSCC2)c1)c1cccc(-c2ccncc2)c1. The smallest absolute Gasteiger partial charge is 0.255 e. The van der Waals surface area contributed by atoms with Gasteiger partial charge in [-0.3, -0.25) is 14.6 Å². The molecule has 1 N–H and O–H groups in total. The molecular formula is C23H21N3O2S. The van der Waals surface area contributed by atoms with Crippen LogP contribution in [0.1, 0.15) is 20.7 Å². The van der Waals surface area contributed by atoms with Crippen molar-refractivity contribution in [1.29, 1.82) is 0 Å². The van der Waals surface area contributed by atoms with E-state index in [1.807, 2.05) is 47.0 Å². The lowest BCUT2D eigenvalue weighted by Gasteiger charge is -2.26. The minimum atomic E-state index is -0.208. The number of carbonyl (C=O) groups excluding carboxylic acids is 2. The first-order chi connectivity index (χ1) is 14.2. The molecule has 6 heteroatoms. The van der Waals surface area contributed by atoms with Gasteiger partial charge in [0, 0.05) is 53.8 Å². The number of hydrogen-bond donors (Lipinski definition) is 1. The highest BCUT2D eigenvalue weighted by molar-refractivity contribution is 7.99. The van der Waals surface area contributed by atoms with Gasteiger partial charge in [0.25, 0.3) is 11.8 Å². The summed E-state index contributed by atoms with van der Waals surface area (Å²) in [5.74, 6) is 1.74. The van der Waals surface area contributed by atoms with Crippen LogP contribution < -0.4 is 5.32 Å². The van der Waals surface area contributed by atoms with Gasteiger partial charge in [-0.15, -0.1) is 0 Å². The molecule has 3 aromatic rings. The largest absolute Gasteiger partial charge is 0.337 e. The molecule has 1 fully saturated rings. The highest BCUT2D eigenvalue weighted by Gasteiger charge is 2.19. The van der Waals surface area contributed by atoms with Crippen LogP contribution in [-0.2, 0) is 0 Å². The molecule has 0 spiro atoms. The summed E-state index contributed by atoms with van der Waals surface area (Å²) in [4.78, 5) is 31.4. The van der Waals surface area contributed by atoms with Crippen molar-refractivity contribution in [1.82, 2.24) is 9.88 Å². The summed E-state index contributed by atoms with van der Waals surface area (Å²) in [6, 6.07) is 18.4. The van der Waals surface area contributed by atoms with E-state index in [0.717, 1.165) is 35.7 Å². The molecule has 4 rings (SSSR count). The molecule has 2 amide bonds. The van der Waals surface area contributed by atoms with Crippen LogP contribution in [0.3, 0.4) is 0 Å². The van der Waals surface area contributed by atoms with Crippen molar-refractivity contribution in [3.8, 4) is 11.1 Å². The summed E-state index contributed by atoms with van der Waals surface area (Å²) in [7, 11) is 0. The first kappa shape index (κ1) is 19.2. The zero-order valence-electron chi connectivity index (χ0n) is 15.9. The van der Waals surface area contributed by atoms with Crippen LogP contribution >= 0.6 is 11.8 Å². The van der Waals surface area contributed by atoms with Gasteiger partial charge in [-0.25, -0.2) is 0 Å². The Labute approximate surface area is 174 Å². The fourth-order valence-corrected chi connectivity index (χ4v) is 4.17. The number of hydrogen-bond acceptors (Lipinski definition) is 4. The zero-order chi connectivity index (χ0) is 20.1. The Morgan fingerprint density at radius 2 is 1.59 bits per heavy atom. The van der Waals surface area contributed by atoms with Crippen LogP contribution in [0.4, 0.5) is 5.69 Å². The summed E-state index contributed by atoms with van der Waals surface area (Å²) in [5.41, 5.74) is 3.72. The van der Waals surface area contributed by atoms with Crippen molar-refractivity contribution in [2.75, 3.05) is 29.9 Å². The highest BCUT2D eigenvalue weighted by atomic mass is 32.2. The number of nitrogens with one attached hydrogen (secondary N) is 1. The standard InChI is InChI=1S/C23H21N3O2S/c27-22(19-4-1-3-18(15-19)17-7-9-24-10-8-17)25-21-6-2-5-20(16-21)23(28)26-11-13-29-14-12-26/h1-10,15-16H,11-14H2,(H,25,27).